The Morgan fingerprint density at radius 3 is 2.53 bits per heavy atom. The summed E-state index contributed by atoms with van der Waals surface area (Å²) in [4.78, 5) is 2.55. The minimum atomic E-state index is 0.814. The summed E-state index contributed by atoms with van der Waals surface area (Å²) in [6, 6.07) is 6.25. The van der Waals surface area contributed by atoms with Crippen molar-refractivity contribution >= 4 is 21.6 Å². The van der Waals surface area contributed by atoms with Crippen molar-refractivity contribution in [3.05, 3.63) is 28.2 Å². The number of nitrogen functional groups attached to an aromatic ring is 1. The van der Waals surface area contributed by atoms with Crippen molar-refractivity contribution in [1.82, 2.24) is 4.90 Å². The molecular weight excluding hydrogens is 276 g/mol. The lowest BCUT2D eigenvalue weighted by Gasteiger charge is -2.35. The van der Waals surface area contributed by atoms with Crippen LogP contribution in [-0.2, 0) is 6.54 Å². The fourth-order valence-corrected chi connectivity index (χ4v) is 3.27. The zero-order valence-electron chi connectivity index (χ0n) is 10.6. The number of likely N-dealkylation sites (tertiary alicyclic amines) is 1. The van der Waals surface area contributed by atoms with Gasteiger partial charge in [0.05, 0.1) is 0 Å². The maximum atomic E-state index is 5.81. The van der Waals surface area contributed by atoms with E-state index < -0.39 is 0 Å². The van der Waals surface area contributed by atoms with E-state index in [-0.39, 0.29) is 0 Å². The van der Waals surface area contributed by atoms with E-state index in [9.17, 15) is 0 Å². The molecule has 2 nitrogen and oxygen atoms in total. The average molecular weight is 297 g/mol. The van der Waals surface area contributed by atoms with Gasteiger partial charge in [-0.25, -0.2) is 0 Å². The summed E-state index contributed by atoms with van der Waals surface area (Å²) in [5, 5.41) is 0. The second kappa shape index (κ2) is 5.40. The van der Waals surface area contributed by atoms with Crippen molar-refractivity contribution in [2.45, 2.75) is 26.8 Å². The maximum absolute atomic E-state index is 5.81. The molecular formula is C14H21BrN2. The Morgan fingerprint density at radius 2 is 1.94 bits per heavy atom. The van der Waals surface area contributed by atoms with E-state index in [2.05, 4.69) is 46.8 Å². The molecule has 1 heterocycles. The molecule has 2 rings (SSSR count). The topological polar surface area (TPSA) is 29.3 Å². The minimum Gasteiger partial charge on any atom is -0.398 e. The van der Waals surface area contributed by atoms with Crippen molar-refractivity contribution in [3.8, 4) is 0 Å². The fraction of sp³-hybridized carbons (Fsp3) is 0.571. The first-order valence-corrected chi connectivity index (χ1v) is 7.10. The van der Waals surface area contributed by atoms with Gasteiger partial charge in [-0.1, -0.05) is 19.9 Å². The Morgan fingerprint density at radius 1 is 1.29 bits per heavy atom. The lowest BCUT2D eigenvalue weighted by molar-refractivity contribution is 0.134. The molecule has 0 bridgehead atoms. The monoisotopic (exact) mass is 296 g/mol. The molecule has 1 fully saturated rings. The van der Waals surface area contributed by atoms with Gasteiger partial charge in [0.1, 0.15) is 0 Å². The summed E-state index contributed by atoms with van der Waals surface area (Å²) >= 11 is 3.49. The lowest BCUT2D eigenvalue weighted by Crippen LogP contribution is -2.38. The second-order valence-corrected chi connectivity index (χ2v) is 6.35. The summed E-state index contributed by atoms with van der Waals surface area (Å²) in [6.07, 6.45) is 1.36. The Balaban J connectivity index is 2.02. The van der Waals surface area contributed by atoms with Crippen LogP contribution in [0.1, 0.15) is 25.8 Å². The van der Waals surface area contributed by atoms with Crippen molar-refractivity contribution < 1.29 is 0 Å². The third-order valence-corrected chi connectivity index (χ3v) is 4.10. The Labute approximate surface area is 112 Å². The van der Waals surface area contributed by atoms with E-state index in [4.69, 9.17) is 5.73 Å². The number of nitrogens with two attached hydrogens (primary N) is 1. The molecule has 0 aromatic heterocycles. The van der Waals surface area contributed by atoms with Crippen LogP contribution in [0.2, 0.25) is 0 Å². The SMILES string of the molecule is CC1CC(C)CN(Cc2ccc(N)c(Br)c2)C1. The van der Waals surface area contributed by atoms with E-state index in [1.165, 1.54) is 25.1 Å². The number of nitrogens with zero attached hydrogens (tertiary/aromatic N) is 1. The summed E-state index contributed by atoms with van der Waals surface area (Å²) < 4.78 is 1.01. The minimum absolute atomic E-state index is 0.814. The molecule has 2 unspecified atom stereocenters. The first-order valence-electron chi connectivity index (χ1n) is 6.31. The first-order chi connectivity index (χ1) is 8.04. The predicted octanol–water partition coefficient (Wildman–Crippen LogP) is 3.51. The quantitative estimate of drug-likeness (QED) is 0.846. The summed E-state index contributed by atoms with van der Waals surface area (Å²) in [5.74, 6) is 1.63. The summed E-state index contributed by atoms with van der Waals surface area (Å²) in [6.45, 7) is 8.16. The normalized spacial score (nSPS) is 26.1. The maximum Gasteiger partial charge on any atom is 0.0458 e. The number of halogens is 1. The van der Waals surface area contributed by atoms with Gasteiger partial charge in [0.2, 0.25) is 0 Å². The molecule has 1 saturated heterocycles. The van der Waals surface area contributed by atoms with E-state index in [0.29, 0.717) is 0 Å². The highest BCUT2D eigenvalue weighted by Crippen LogP contribution is 2.25. The van der Waals surface area contributed by atoms with Gasteiger partial charge in [-0.2, -0.15) is 0 Å². The molecule has 1 aliphatic heterocycles. The Hall–Kier alpha value is -0.540. The molecule has 3 heteroatoms. The van der Waals surface area contributed by atoms with E-state index >= 15 is 0 Å². The standard InChI is InChI=1S/C14H21BrN2/c1-10-5-11(2)8-17(7-10)9-12-3-4-14(16)13(15)6-12/h3-4,6,10-11H,5,7-9,16H2,1-2H3. The van der Waals surface area contributed by atoms with Crippen LogP contribution in [0.4, 0.5) is 5.69 Å². The van der Waals surface area contributed by atoms with Gasteiger partial charge in [0.15, 0.2) is 0 Å². The largest absolute Gasteiger partial charge is 0.398 e. The van der Waals surface area contributed by atoms with Gasteiger partial charge >= 0.3 is 0 Å². The number of hydrogen-bond acceptors (Lipinski definition) is 2. The average Bonchev–Trinajstić information content (AvgIpc) is 2.22. The molecule has 94 valence electrons. The second-order valence-electron chi connectivity index (χ2n) is 5.50. The molecule has 0 saturated carbocycles. The number of rotatable bonds is 2. The molecule has 0 spiro atoms. The van der Waals surface area contributed by atoms with Crippen molar-refractivity contribution in [2.24, 2.45) is 11.8 Å². The number of hydrogen-bond donors (Lipinski definition) is 1. The molecule has 1 aromatic carbocycles. The predicted molar refractivity (Wildman–Crippen MR) is 76.8 cm³/mol. The number of benzene rings is 1. The first kappa shape index (κ1) is 12.9. The summed E-state index contributed by atoms with van der Waals surface area (Å²) in [7, 11) is 0. The van der Waals surface area contributed by atoms with Crippen LogP contribution >= 0.6 is 15.9 Å². The van der Waals surface area contributed by atoms with Crippen molar-refractivity contribution in [1.29, 1.82) is 0 Å². The number of piperidine rings is 1. The van der Waals surface area contributed by atoms with Gasteiger partial charge in [-0.3, -0.25) is 4.90 Å². The van der Waals surface area contributed by atoms with Crippen LogP contribution in [0.15, 0.2) is 22.7 Å². The number of anilines is 1. The van der Waals surface area contributed by atoms with Gasteiger partial charge in [0, 0.05) is 29.8 Å². The molecule has 2 atom stereocenters. The third-order valence-electron chi connectivity index (χ3n) is 3.42. The molecule has 0 aliphatic carbocycles. The van der Waals surface area contributed by atoms with Gasteiger partial charge in [-0.05, 0) is 51.9 Å². The van der Waals surface area contributed by atoms with Gasteiger partial charge in [-0.15, -0.1) is 0 Å². The zero-order chi connectivity index (χ0) is 12.4. The van der Waals surface area contributed by atoms with Crippen molar-refractivity contribution in [3.63, 3.8) is 0 Å². The van der Waals surface area contributed by atoms with Crippen LogP contribution in [0.5, 0.6) is 0 Å². The Bertz CT molecular complexity index is 382. The van der Waals surface area contributed by atoms with Crippen LogP contribution in [0.25, 0.3) is 0 Å². The highest BCUT2D eigenvalue weighted by Gasteiger charge is 2.21. The highest BCUT2D eigenvalue weighted by atomic mass is 79.9. The Kier molecular flexibility index (Phi) is 4.10. The van der Waals surface area contributed by atoms with Gasteiger partial charge < -0.3 is 5.73 Å². The smallest absolute Gasteiger partial charge is 0.0458 e. The zero-order valence-corrected chi connectivity index (χ0v) is 12.2. The van der Waals surface area contributed by atoms with E-state index in [0.717, 1.165) is 28.5 Å². The highest BCUT2D eigenvalue weighted by molar-refractivity contribution is 9.10. The molecule has 0 amide bonds. The molecule has 1 aliphatic rings. The van der Waals surface area contributed by atoms with Crippen LogP contribution in [0, 0.1) is 11.8 Å². The van der Waals surface area contributed by atoms with Crippen molar-refractivity contribution in [2.75, 3.05) is 18.8 Å². The third kappa shape index (κ3) is 3.46. The molecule has 1 aromatic rings. The lowest BCUT2D eigenvalue weighted by atomic mass is 9.91. The van der Waals surface area contributed by atoms with E-state index in [1.54, 1.807) is 0 Å². The fourth-order valence-electron chi connectivity index (χ4n) is 2.85. The van der Waals surface area contributed by atoms with Crippen LogP contribution in [0.3, 0.4) is 0 Å². The summed E-state index contributed by atoms with van der Waals surface area (Å²) in [5.41, 5.74) is 7.96. The van der Waals surface area contributed by atoms with Gasteiger partial charge in [0.25, 0.3) is 0 Å². The van der Waals surface area contributed by atoms with Crippen LogP contribution < -0.4 is 5.73 Å². The molecule has 17 heavy (non-hydrogen) atoms. The van der Waals surface area contributed by atoms with Crippen LogP contribution in [-0.4, -0.2) is 18.0 Å². The molecule has 0 radical (unpaired) electrons. The van der Waals surface area contributed by atoms with E-state index in [1.807, 2.05) is 6.07 Å². The molecule has 2 N–H and O–H groups in total.